The minimum absolute atomic E-state index is 0.315. The lowest BCUT2D eigenvalue weighted by Crippen LogP contribution is -2.01. The van der Waals surface area contributed by atoms with Crippen molar-refractivity contribution >= 4 is 15.9 Å². The summed E-state index contributed by atoms with van der Waals surface area (Å²) in [7, 11) is 0. The Labute approximate surface area is 52.2 Å². The summed E-state index contributed by atoms with van der Waals surface area (Å²) >= 11 is 3.11. The normalized spacial score (nSPS) is 15.3. The van der Waals surface area contributed by atoms with Crippen molar-refractivity contribution in [1.29, 1.82) is 0 Å². The molecule has 0 saturated carbocycles. The number of alkyl halides is 1. The Bertz CT molecular complexity index is 61.1. The molecule has 0 aliphatic heterocycles. The molecule has 7 heavy (non-hydrogen) atoms. The van der Waals surface area contributed by atoms with Crippen LogP contribution in [-0.2, 0) is 0 Å². The number of hydrogen-bond acceptors (Lipinski definition) is 1. The lowest BCUT2D eigenvalue weighted by Gasteiger charge is -1.93. The quantitative estimate of drug-likeness (QED) is 0.483. The van der Waals surface area contributed by atoms with Crippen LogP contribution in [0.5, 0.6) is 0 Å². The lowest BCUT2D eigenvalue weighted by atomic mass is 10.4. The van der Waals surface area contributed by atoms with Crippen LogP contribution in [0.3, 0.4) is 0 Å². The topological polar surface area (TPSA) is 20.2 Å². The molecule has 42 valence electrons. The molecule has 1 atom stereocenters. The van der Waals surface area contributed by atoms with Gasteiger partial charge >= 0.3 is 0 Å². The van der Waals surface area contributed by atoms with E-state index >= 15 is 0 Å². The van der Waals surface area contributed by atoms with E-state index in [1.165, 1.54) is 0 Å². The van der Waals surface area contributed by atoms with Crippen LogP contribution in [0.1, 0.15) is 6.92 Å². The molecule has 1 nitrogen and oxygen atoms in total. The largest absolute Gasteiger partial charge is 0.388 e. The third kappa shape index (κ3) is 4.02. The first-order valence-electron chi connectivity index (χ1n) is 2.18. The highest BCUT2D eigenvalue weighted by molar-refractivity contribution is 9.09. The molecule has 1 N–H and O–H groups in total. The van der Waals surface area contributed by atoms with E-state index in [1.807, 2.05) is 13.0 Å². The Morgan fingerprint density at radius 1 is 1.86 bits per heavy atom. The van der Waals surface area contributed by atoms with E-state index in [1.54, 1.807) is 6.08 Å². The van der Waals surface area contributed by atoms with Crippen molar-refractivity contribution in [2.45, 2.75) is 13.0 Å². The fourth-order valence-electron chi connectivity index (χ4n) is 0.274. The van der Waals surface area contributed by atoms with Gasteiger partial charge in [-0.3, -0.25) is 0 Å². The number of halogens is 1. The molecule has 2 heteroatoms. The van der Waals surface area contributed by atoms with Gasteiger partial charge in [-0.25, -0.2) is 0 Å². The first kappa shape index (κ1) is 7.18. The third-order valence-corrected chi connectivity index (χ3v) is 1.24. The molecule has 0 aliphatic carbocycles. The van der Waals surface area contributed by atoms with E-state index in [-0.39, 0.29) is 6.10 Å². The second kappa shape index (κ2) is 4.34. The zero-order valence-electron chi connectivity index (χ0n) is 4.26. The molecule has 0 aromatic heterocycles. The van der Waals surface area contributed by atoms with Gasteiger partial charge in [-0.1, -0.05) is 28.1 Å². The van der Waals surface area contributed by atoms with Gasteiger partial charge < -0.3 is 5.11 Å². The van der Waals surface area contributed by atoms with Crippen molar-refractivity contribution in [3.05, 3.63) is 12.2 Å². The van der Waals surface area contributed by atoms with Gasteiger partial charge in [0.2, 0.25) is 0 Å². The molecule has 0 saturated heterocycles. The summed E-state index contributed by atoms with van der Waals surface area (Å²) in [6.45, 7) is 1.88. The van der Waals surface area contributed by atoms with Gasteiger partial charge in [0.1, 0.15) is 0 Å². The molecule has 0 rings (SSSR count). The monoisotopic (exact) mass is 164 g/mol. The average molecular weight is 165 g/mol. The molecule has 0 heterocycles. The predicted molar refractivity (Wildman–Crippen MR) is 34.6 cm³/mol. The van der Waals surface area contributed by atoms with Crippen LogP contribution in [-0.4, -0.2) is 16.5 Å². The Hall–Kier alpha value is 0.180. The maximum absolute atomic E-state index is 8.72. The Morgan fingerprint density at radius 2 is 2.43 bits per heavy atom. The molecular formula is C5H9BrO. The molecule has 0 amide bonds. The van der Waals surface area contributed by atoms with Crippen LogP contribution in [0.25, 0.3) is 0 Å². The van der Waals surface area contributed by atoms with E-state index in [2.05, 4.69) is 15.9 Å². The van der Waals surface area contributed by atoms with Crippen LogP contribution in [0.4, 0.5) is 0 Å². The number of hydrogen-bond donors (Lipinski definition) is 1. The van der Waals surface area contributed by atoms with Gasteiger partial charge in [0.15, 0.2) is 0 Å². The predicted octanol–water partition coefficient (Wildman–Crippen LogP) is 1.32. The van der Waals surface area contributed by atoms with Crippen LogP contribution >= 0.6 is 15.9 Å². The summed E-state index contributed by atoms with van der Waals surface area (Å²) in [5.74, 6) is 0. The molecule has 0 aromatic carbocycles. The maximum Gasteiger partial charge on any atom is 0.0817 e. The van der Waals surface area contributed by atoms with Crippen molar-refractivity contribution in [3.63, 3.8) is 0 Å². The average Bonchev–Trinajstić information content (AvgIpc) is 1.68. The second-order valence-corrected chi connectivity index (χ2v) is 1.89. The minimum atomic E-state index is -0.315. The van der Waals surface area contributed by atoms with Gasteiger partial charge in [-0.15, -0.1) is 0 Å². The van der Waals surface area contributed by atoms with Crippen molar-refractivity contribution in [2.24, 2.45) is 0 Å². The van der Waals surface area contributed by atoms with Crippen LogP contribution < -0.4 is 0 Å². The highest BCUT2D eigenvalue weighted by atomic mass is 79.9. The van der Waals surface area contributed by atoms with Crippen molar-refractivity contribution in [3.8, 4) is 0 Å². The van der Waals surface area contributed by atoms with E-state index in [0.717, 1.165) is 0 Å². The highest BCUT2D eigenvalue weighted by Crippen LogP contribution is 1.90. The number of allylic oxidation sites excluding steroid dienone is 1. The van der Waals surface area contributed by atoms with Crippen LogP contribution in [0.15, 0.2) is 12.2 Å². The molecule has 0 spiro atoms. The number of rotatable bonds is 2. The van der Waals surface area contributed by atoms with E-state index in [4.69, 9.17) is 5.11 Å². The summed E-state index contributed by atoms with van der Waals surface area (Å²) in [5.41, 5.74) is 0. The first-order chi connectivity index (χ1) is 3.31. The molecular weight excluding hydrogens is 156 g/mol. The number of aliphatic hydroxyl groups excluding tert-OH is 1. The lowest BCUT2D eigenvalue weighted by molar-refractivity contribution is 0.250. The zero-order valence-corrected chi connectivity index (χ0v) is 5.85. The van der Waals surface area contributed by atoms with Gasteiger partial charge in [-0.2, -0.15) is 0 Å². The standard InChI is InChI=1S/C5H9BrO/c1-2-3-5(7)4-6/h2-3,5,7H,4H2,1H3/b3-2+. The molecule has 1 unspecified atom stereocenters. The number of aliphatic hydroxyl groups is 1. The zero-order chi connectivity index (χ0) is 5.70. The van der Waals surface area contributed by atoms with Crippen molar-refractivity contribution in [1.82, 2.24) is 0 Å². The summed E-state index contributed by atoms with van der Waals surface area (Å²) in [6.07, 6.45) is 3.24. The molecule has 0 aromatic rings. The molecule has 0 aliphatic rings. The second-order valence-electron chi connectivity index (χ2n) is 1.25. The maximum atomic E-state index is 8.72. The summed E-state index contributed by atoms with van der Waals surface area (Å²) in [5, 5.41) is 9.35. The summed E-state index contributed by atoms with van der Waals surface area (Å²) in [4.78, 5) is 0. The smallest absolute Gasteiger partial charge is 0.0817 e. The molecule has 0 bridgehead atoms. The molecule has 0 radical (unpaired) electrons. The van der Waals surface area contributed by atoms with Crippen molar-refractivity contribution in [2.75, 3.05) is 5.33 Å². The van der Waals surface area contributed by atoms with Gasteiger partial charge in [0.25, 0.3) is 0 Å². The van der Waals surface area contributed by atoms with E-state index in [9.17, 15) is 0 Å². The van der Waals surface area contributed by atoms with Gasteiger partial charge in [0.05, 0.1) is 6.10 Å². The Morgan fingerprint density at radius 3 is 2.57 bits per heavy atom. The third-order valence-electron chi connectivity index (χ3n) is 0.573. The SMILES string of the molecule is C/C=C/C(O)CBr. The fourth-order valence-corrected chi connectivity index (χ4v) is 0.489. The van der Waals surface area contributed by atoms with Gasteiger partial charge in [-0.05, 0) is 6.92 Å². The minimum Gasteiger partial charge on any atom is -0.388 e. The van der Waals surface area contributed by atoms with Crippen LogP contribution in [0.2, 0.25) is 0 Å². The van der Waals surface area contributed by atoms with E-state index in [0.29, 0.717) is 5.33 Å². The summed E-state index contributed by atoms with van der Waals surface area (Å²) in [6, 6.07) is 0. The Balaban J connectivity index is 3.16. The van der Waals surface area contributed by atoms with Gasteiger partial charge in [0, 0.05) is 5.33 Å². The van der Waals surface area contributed by atoms with Crippen LogP contribution in [0, 0.1) is 0 Å². The first-order valence-corrected chi connectivity index (χ1v) is 3.30. The fraction of sp³-hybridized carbons (Fsp3) is 0.600. The summed E-state index contributed by atoms with van der Waals surface area (Å²) < 4.78 is 0. The van der Waals surface area contributed by atoms with Crippen molar-refractivity contribution < 1.29 is 5.11 Å². The highest BCUT2D eigenvalue weighted by Gasteiger charge is 1.89. The Kier molecular flexibility index (Phi) is 4.45. The van der Waals surface area contributed by atoms with E-state index < -0.39 is 0 Å². The molecule has 0 fully saturated rings.